The second kappa shape index (κ2) is 5.83. The van der Waals surface area contributed by atoms with Gasteiger partial charge in [-0.3, -0.25) is 19.9 Å². The van der Waals surface area contributed by atoms with Crippen LogP contribution in [0.1, 0.15) is 16.8 Å². The van der Waals surface area contributed by atoms with Crippen molar-refractivity contribution < 1.29 is 4.79 Å². The molecule has 6 heteroatoms. The number of nitrogens with zero attached hydrogens (tertiary/aromatic N) is 3. The maximum Gasteiger partial charge on any atom is 0.238 e. The summed E-state index contributed by atoms with van der Waals surface area (Å²) < 4.78 is 0. The second-order valence-electron chi connectivity index (χ2n) is 5.75. The zero-order valence-electron chi connectivity index (χ0n) is 13.3. The summed E-state index contributed by atoms with van der Waals surface area (Å²) in [6.07, 6.45) is 6.67. The number of hydrogen-bond acceptors (Lipinski definition) is 4. The number of pyridine rings is 2. The molecule has 0 saturated carbocycles. The summed E-state index contributed by atoms with van der Waals surface area (Å²) in [4.78, 5) is 21.5. The maximum atomic E-state index is 12.8. The number of aromatic nitrogens is 4. The van der Waals surface area contributed by atoms with Gasteiger partial charge < -0.3 is 5.73 Å². The van der Waals surface area contributed by atoms with Crippen molar-refractivity contribution in [2.75, 3.05) is 0 Å². The van der Waals surface area contributed by atoms with E-state index in [0.717, 1.165) is 16.5 Å². The van der Waals surface area contributed by atoms with Gasteiger partial charge >= 0.3 is 0 Å². The van der Waals surface area contributed by atoms with Crippen LogP contribution in [0.5, 0.6) is 0 Å². The third kappa shape index (κ3) is 2.27. The molecular formula is C19H15N5O. The molecule has 0 fully saturated rings. The summed E-state index contributed by atoms with van der Waals surface area (Å²) in [5.74, 6) is -0.512. The smallest absolute Gasteiger partial charge is 0.238 e. The summed E-state index contributed by atoms with van der Waals surface area (Å²) in [6, 6.07) is 14.9. The Bertz CT molecular complexity index is 988. The molecule has 0 aliphatic carbocycles. The molecule has 0 aliphatic rings. The highest BCUT2D eigenvalue weighted by Gasteiger charge is 2.44. The number of H-pyrrole nitrogens is 1. The Labute approximate surface area is 143 Å². The van der Waals surface area contributed by atoms with Gasteiger partial charge in [0.15, 0.2) is 0 Å². The van der Waals surface area contributed by atoms with Crippen molar-refractivity contribution >= 4 is 16.8 Å². The first kappa shape index (κ1) is 15.0. The van der Waals surface area contributed by atoms with Crippen molar-refractivity contribution in [3.05, 3.63) is 90.1 Å². The highest BCUT2D eigenvalue weighted by molar-refractivity contribution is 5.95. The van der Waals surface area contributed by atoms with Gasteiger partial charge in [-0.25, -0.2) is 0 Å². The van der Waals surface area contributed by atoms with E-state index in [4.69, 9.17) is 5.73 Å². The minimum absolute atomic E-state index is 0.512. The van der Waals surface area contributed by atoms with E-state index in [1.54, 1.807) is 30.9 Å². The fraction of sp³-hybridized carbons (Fsp3) is 0.0526. The van der Waals surface area contributed by atoms with Crippen LogP contribution >= 0.6 is 0 Å². The molecule has 25 heavy (non-hydrogen) atoms. The third-order valence-electron chi connectivity index (χ3n) is 4.38. The third-order valence-corrected chi connectivity index (χ3v) is 4.38. The predicted octanol–water partition coefficient (Wildman–Crippen LogP) is 2.17. The molecule has 1 unspecified atom stereocenters. The van der Waals surface area contributed by atoms with Crippen molar-refractivity contribution in [3.63, 3.8) is 0 Å². The van der Waals surface area contributed by atoms with Gasteiger partial charge in [-0.05, 0) is 23.3 Å². The zero-order chi connectivity index (χ0) is 17.3. The van der Waals surface area contributed by atoms with Crippen molar-refractivity contribution in [3.8, 4) is 0 Å². The molecule has 3 heterocycles. The van der Waals surface area contributed by atoms with Crippen LogP contribution in [0.4, 0.5) is 0 Å². The Morgan fingerprint density at radius 2 is 1.80 bits per heavy atom. The van der Waals surface area contributed by atoms with Gasteiger partial charge in [-0.15, -0.1) is 0 Å². The number of nitrogens with two attached hydrogens (primary N) is 1. The van der Waals surface area contributed by atoms with Crippen LogP contribution in [0.25, 0.3) is 10.9 Å². The van der Waals surface area contributed by atoms with E-state index >= 15 is 0 Å². The number of benzene rings is 1. The summed E-state index contributed by atoms with van der Waals surface area (Å²) in [5.41, 5.74) is 7.46. The number of hydrogen-bond donors (Lipinski definition) is 2. The van der Waals surface area contributed by atoms with Gasteiger partial charge in [0.2, 0.25) is 5.91 Å². The molecule has 0 saturated heterocycles. The number of fused-ring (bicyclic) bond motifs is 1. The van der Waals surface area contributed by atoms with Crippen LogP contribution in [0.15, 0.2) is 73.3 Å². The van der Waals surface area contributed by atoms with Gasteiger partial charge in [-0.1, -0.05) is 36.4 Å². The van der Waals surface area contributed by atoms with E-state index in [2.05, 4.69) is 20.2 Å². The number of amides is 1. The number of rotatable bonds is 4. The molecule has 0 bridgehead atoms. The van der Waals surface area contributed by atoms with Crippen LogP contribution in [0, 0.1) is 0 Å². The molecule has 0 spiro atoms. The van der Waals surface area contributed by atoms with Crippen molar-refractivity contribution in [2.45, 2.75) is 5.41 Å². The summed E-state index contributed by atoms with van der Waals surface area (Å²) >= 11 is 0. The Kier molecular flexibility index (Phi) is 3.50. The van der Waals surface area contributed by atoms with Crippen LogP contribution in [0.2, 0.25) is 0 Å². The molecular weight excluding hydrogens is 314 g/mol. The molecule has 6 nitrogen and oxygen atoms in total. The Morgan fingerprint density at radius 1 is 1.00 bits per heavy atom. The van der Waals surface area contributed by atoms with Gasteiger partial charge in [0, 0.05) is 17.8 Å². The predicted molar refractivity (Wildman–Crippen MR) is 93.6 cm³/mol. The Balaban J connectivity index is 2.08. The second-order valence-corrected chi connectivity index (χ2v) is 5.75. The number of nitrogens with one attached hydrogen (secondary N) is 1. The number of carbonyl (C=O) groups excluding carboxylic acids is 1. The molecule has 4 rings (SSSR count). The Hall–Kier alpha value is -3.54. The lowest BCUT2D eigenvalue weighted by molar-refractivity contribution is -0.121. The lowest BCUT2D eigenvalue weighted by atomic mass is 9.71. The summed E-state index contributed by atoms with van der Waals surface area (Å²) in [5, 5.41) is 7.74. The number of primary amides is 1. The molecule has 122 valence electrons. The van der Waals surface area contributed by atoms with Crippen molar-refractivity contribution in [1.82, 2.24) is 20.2 Å². The fourth-order valence-corrected chi connectivity index (χ4v) is 3.19. The average molecular weight is 329 g/mol. The first-order valence-electron chi connectivity index (χ1n) is 7.78. The minimum Gasteiger partial charge on any atom is -0.368 e. The molecule has 3 aromatic heterocycles. The topological polar surface area (TPSA) is 97.5 Å². The van der Waals surface area contributed by atoms with Gasteiger partial charge in [0.1, 0.15) is 5.41 Å². The molecule has 3 N–H and O–H groups in total. The molecule has 0 aliphatic heterocycles. The fourth-order valence-electron chi connectivity index (χ4n) is 3.19. The highest BCUT2D eigenvalue weighted by Crippen LogP contribution is 2.38. The van der Waals surface area contributed by atoms with E-state index in [1.807, 2.05) is 42.5 Å². The largest absolute Gasteiger partial charge is 0.368 e. The number of carbonyl (C=O) groups is 1. The van der Waals surface area contributed by atoms with Crippen molar-refractivity contribution in [2.24, 2.45) is 5.73 Å². The zero-order valence-corrected chi connectivity index (χ0v) is 13.3. The van der Waals surface area contributed by atoms with Crippen LogP contribution in [-0.2, 0) is 10.2 Å². The lowest BCUT2D eigenvalue weighted by Gasteiger charge is -2.31. The highest BCUT2D eigenvalue weighted by atomic mass is 16.1. The van der Waals surface area contributed by atoms with Gasteiger partial charge in [0.05, 0.1) is 23.6 Å². The maximum absolute atomic E-state index is 12.8. The van der Waals surface area contributed by atoms with E-state index in [1.165, 1.54) is 0 Å². The SMILES string of the molecule is NC(=O)C(c1ccccc1)(c1cccnc1)c1cc2cn[nH]c2cn1. The van der Waals surface area contributed by atoms with Crippen LogP contribution < -0.4 is 5.73 Å². The first-order chi connectivity index (χ1) is 12.2. The molecule has 1 atom stereocenters. The van der Waals surface area contributed by atoms with Crippen LogP contribution in [0.3, 0.4) is 0 Å². The first-order valence-corrected chi connectivity index (χ1v) is 7.78. The standard InChI is InChI=1S/C19H15N5O/c20-18(25)19(14-5-2-1-3-6-14,15-7-4-8-21-11-15)17-9-13-10-23-24-16(13)12-22-17/h1-12H,(H2,20,25)(H,23,24). The quantitative estimate of drug-likeness (QED) is 0.599. The summed E-state index contributed by atoms with van der Waals surface area (Å²) in [6.45, 7) is 0. The van der Waals surface area contributed by atoms with Crippen molar-refractivity contribution in [1.29, 1.82) is 0 Å². The van der Waals surface area contributed by atoms with E-state index in [9.17, 15) is 4.79 Å². The van der Waals surface area contributed by atoms with Crippen LogP contribution in [-0.4, -0.2) is 26.1 Å². The minimum atomic E-state index is -1.24. The van der Waals surface area contributed by atoms with E-state index in [-0.39, 0.29) is 0 Å². The lowest BCUT2D eigenvalue weighted by Crippen LogP contribution is -2.44. The van der Waals surface area contributed by atoms with Gasteiger partial charge in [-0.2, -0.15) is 5.10 Å². The monoisotopic (exact) mass is 329 g/mol. The molecule has 1 amide bonds. The molecule has 1 aromatic carbocycles. The normalized spacial score (nSPS) is 13.4. The van der Waals surface area contributed by atoms with E-state index < -0.39 is 11.3 Å². The van der Waals surface area contributed by atoms with E-state index in [0.29, 0.717) is 11.3 Å². The summed E-state index contributed by atoms with van der Waals surface area (Å²) in [7, 11) is 0. The molecule has 4 aromatic rings. The molecule has 0 radical (unpaired) electrons. The number of aromatic amines is 1. The Morgan fingerprint density at radius 3 is 2.52 bits per heavy atom. The van der Waals surface area contributed by atoms with Gasteiger partial charge in [0.25, 0.3) is 0 Å². The average Bonchev–Trinajstić information content (AvgIpc) is 3.12.